The van der Waals surface area contributed by atoms with E-state index in [-0.39, 0.29) is 36.1 Å². The third kappa shape index (κ3) is 6.84. The molecule has 0 atom stereocenters. The third-order valence-corrected chi connectivity index (χ3v) is 5.46. The fourth-order valence-corrected chi connectivity index (χ4v) is 3.85. The number of nitrogens with zero attached hydrogens (tertiary/aromatic N) is 3. The Hall–Kier alpha value is -1.88. The largest absolute Gasteiger partial charge is 0.450 e. The number of likely N-dealkylation sites (tertiary alicyclic amines) is 1. The number of nitrogens with one attached hydrogen (secondary N) is 2. The van der Waals surface area contributed by atoms with Gasteiger partial charge in [0.05, 0.1) is 18.8 Å². The van der Waals surface area contributed by atoms with E-state index in [1.54, 1.807) is 23.3 Å². The Kier molecular flexibility index (Phi) is 9.65. The fraction of sp³-hybridized carbons (Fsp3) is 0.450. The summed E-state index contributed by atoms with van der Waals surface area (Å²) in [6.45, 7) is 4.25. The highest BCUT2D eigenvalue weighted by atomic mass is 127. The van der Waals surface area contributed by atoms with Gasteiger partial charge in [-0.1, -0.05) is 30.3 Å². The number of aliphatic imine (C=N–C) groups is 1. The maximum atomic E-state index is 11.8. The van der Waals surface area contributed by atoms with E-state index in [2.05, 4.69) is 33.1 Å². The number of thiazole rings is 1. The van der Waals surface area contributed by atoms with Crippen molar-refractivity contribution in [3.05, 3.63) is 40.7 Å². The highest BCUT2D eigenvalue weighted by Crippen LogP contribution is 2.21. The van der Waals surface area contributed by atoms with Gasteiger partial charge in [0.1, 0.15) is 5.01 Å². The fourth-order valence-electron chi connectivity index (χ4n) is 3.10. The van der Waals surface area contributed by atoms with Crippen molar-refractivity contribution in [3.8, 4) is 11.3 Å². The molecule has 2 heterocycles. The lowest BCUT2D eigenvalue weighted by Crippen LogP contribution is -2.49. The molecule has 0 aliphatic carbocycles. The van der Waals surface area contributed by atoms with E-state index in [1.165, 1.54) is 0 Å². The van der Waals surface area contributed by atoms with Crippen molar-refractivity contribution in [1.29, 1.82) is 0 Å². The molecule has 1 amide bonds. The molecule has 0 spiro atoms. The minimum absolute atomic E-state index is 0. The summed E-state index contributed by atoms with van der Waals surface area (Å²) in [5.74, 6) is 0.756. The number of hydrogen-bond acceptors (Lipinski definition) is 5. The number of carbonyl (C=O) groups is 1. The first-order chi connectivity index (χ1) is 13.7. The Morgan fingerprint density at radius 3 is 2.69 bits per heavy atom. The lowest BCUT2D eigenvalue weighted by Gasteiger charge is -2.32. The highest BCUT2D eigenvalue weighted by molar-refractivity contribution is 14.0. The minimum atomic E-state index is -0.221. The second-order valence-corrected chi connectivity index (χ2v) is 7.47. The molecule has 1 aliphatic rings. The number of carbonyl (C=O) groups excluding carboxylic acids is 1. The summed E-state index contributed by atoms with van der Waals surface area (Å²) in [4.78, 5) is 22.6. The van der Waals surface area contributed by atoms with Gasteiger partial charge in [-0.05, 0) is 19.8 Å². The molecule has 29 heavy (non-hydrogen) atoms. The van der Waals surface area contributed by atoms with Crippen molar-refractivity contribution in [2.75, 3.05) is 26.7 Å². The summed E-state index contributed by atoms with van der Waals surface area (Å²) in [6.07, 6.45) is 1.52. The second-order valence-electron chi connectivity index (χ2n) is 6.52. The van der Waals surface area contributed by atoms with Crippen molar-refractivity contribution in [2.24, 2.45) is 4.99 Å². The van der Waals surface area contributed by atoms with Crippen LogP contribution in [0.2, 0.25) is 0 Å². The van der Waals surface area contributed by atoms with Gasteiger partial charge in [0.2, 0.25) is 0 Å². The van der Waals surface area contributed by atoms with Gasteiger partial charge in [-0.2, -0.15) is 0 Å². The van der Waals surface area contributed by atoms with Gasteiger partial charge in [-0.15, -0.1) is 35.3 Å². The number of amides is 1. The smallest absolute Gasteiger partial charge is 0.409 e. The molecule has 9 heteroatoms. The first kappa shape index (κ1) is 23.4. The average molecular weight is 529 g/mol. The van der Waals surface area contributed by atoms with Crippen LogP contribution in [0, 0.1) is 0 Å². The van der Waals surface area contributed by atoms with Crippen molar-refractivity contribution < 1.29 is 9.53 Å². The number of benzene rings is 1. The molecular formula is C20H28IN5O2S. The quantitative estimate of drug-likeness (QED) is 0.351. The second kappa shape index (κ2) is 12.0. The van der Waals surface area contributed by atoms with Crippen molar-refractivity contribution in [2.45, 2.75) is 32.4 Å². The number of aromatic nitrogens is 1. The molecule has 7 nitrogen and oxygen atoms in total. The average Bonchev–Trinajstić information content (AvgIpc) is 3.21. The van der Waals surface area contributed by atoms with Crippen LogP contribution in [0.4, 0.5) is 4.79 Å². The van der Waals surface area contributed by atoms with Crippen LogP contribution in [0.5, 0.6) is 0 Å². The molecule has 0 radical (unpaired) electrons. The van der Waals surface area contributed by atoms with Gasteiger partial charge in [0, 0.05) is 37.1 Å². The standard InChI is InChI=1S/C20H27N5O2S.HI/c1-3-27-20(26)25-11-9-16(10-12-25)23-19(21-2)22-13-18-24-17(14-28-18)15-7-5-4-6-8-15;/h4-8,14,16H,3,9-13H2,1-2H3,(H2,21,22,23);1H. The van der Waals surface area contributed by atoms with Gasteiger partial charge in [-0.25, -0.2) is 9.78 Å². The molecule has 2 N–H and O–H groups in total. The summed E-state index contributed by atoms with van der Waals surface area (Å²) < 4.78 is 5.07. The Morgan fingerprint density at radius 2 is 2.03 bits per heavy atom. The maximum absolute atomic E-state index is 11.8. The molecule has 0 bridgehead atoms. The van der Waals surface area contributed by atoms with Crippen LogP contribution >= 0.6 is 35.3 Å². The lowest BCUT2D eigenvalue weighted by molar-refractivity contribution is 0.0963. The number of halogens is 1. The Morgan fingerprint density at radius 1 is 1.31 bits per heavy atom. The number of piperidine rings is 1. The summed E-state index contributed by atoms with van der Waals surface area (Å²) in [5.41, 5.74) is 2.12. The Labute approximate surface area is 193 Å². The van der Waals surface area contributed by atoms with Gasteiger partial charge >= 0.3 is 6.09 Å². The maximum Gasteiger partial charge on any atom is 0.409 e. The zero-order valence-corrected chi connectivity index (χ0v) is 19.9. The summed E-state index contributed by atoms with van der Waals surface area (Å²) in [7, 11) is 1.76. The lowest BCUT2D eigenvalue weighted by atomic mass is 10.1. The first-order valence-electron chi connectivity index (χ1n) is 9.58. The van der Waals surface area contributed by atoms with E-state index >= 15 is 0 Å². The molecule has 1 fully saturated rings. The normalized spacial score (nSPS) is 14.8. The van der Waals surface area contributed by atoms with E-state index in [9.17, 15) is 4.79 Å². The molecule has 1 aromatic heterocycles. The molecule has 1 aromatic carbocycles. The van der Waals surface area contributed by atoms with Gasteiger partial charge in [-0.3, -0.25) is 4.99 Å². The molecule has 0 saturated carbocycles. The van der Waals surface area contributed by atoms with Crippen LogP contribution in [0.1, 0.15) is 24.8 Å². The van der Waals surface area contributed by atoms with Crippen LogP contribution < -0.4 is 10.6 Å². The molecule has 1 saturated heterocycles. The molecule has 0 unspecified atom stereocenters. The number of ether oxygens (including phenoxy) is 1. The van der Waals surface area contributed by atoms with Crippen LogP contribution in [0.15, 0.2) is 40.7 Å². The van der Waals surface area contributed by atoms with E-state index < -0.39 is 0 Å². The topological polar surface area (TPSA) is 78.8 Å². The predicted molar refractivity (Wildman–Crippen MR) is 128 cm³/mol. The van der Waals surface area contributed by atoms with E-state index in [0.29, 0.717) is 26.2 Å². The minimum Gasteiger partial charge on any atom is -0.450 e. The van der Waals surface area contributed by atoms with Crippen LogP contribution in [0.25, 0.3) is 11.3 Å². The van der Waals surface area contributed by atoms with E-state index in [0.717, 1.165) is 35.1 Å². The molecule has 2 aromatic rings. The highest BCUT2D eigenvalue weighted by Gasteiger charge is 2.24. The van der Waals surface area contributed by atoms with Crippen LogP contribution in [-0.4, -0.2) is 54.7 Å². The van der Waals surface area contributed by atoms with Crippen molar-refractivity contribution in [1.82, 2.24) is 20.5 Å². The van der Waals surface area contributed by atoms with Crippen molar-refractivity contribution >= 4 is 47.4 Å². The molecule has 158 valence electrons. The Bertz CT molecular complexity index is 791. The molecular weight excluding hydrogens is 501 g/mol. The van der Waals surface area contributed by atoms with Gasteiger partial charge in [0.15, 0.2) is 5.96 Å². The molecule has 1 aliphatic heterocycles. The zero-order chi connectivity index (χ0) is 19.8. The Balaban J connectivity index is 0.00000300. The SMILES string of the molecule is CCOC(=O)N1CCC(NC(=NC)NCc2nc(-c3ccccc3)cs2)CC1.I. The zero-order valence-electron chi connectivity index (χ0n) is 16.8. The number of hydrogen-bond donors (Lipinski definition) is 2. The van der Waals surface area contributed by atoms with Crippen molar-refractivity contribution in [3.63, 3.8) is 0 Å². The van der Waals surface area contributed by atoms with E-state index in [1.807, 2.05) is 25.1 Å². The summed E-state index contributed by atoms with van der Waals surface area (Å²) >= 11 is 1.64. The molecule has 3 rings (SSSR count). The monoisotopic (exact) mass is 529 g/mol. The summed E-state index contributed by atoms with van der Waals surface area (Å²) in [5, 5.41) is 9.87. The first-order valence-corrected chi connectivity index (χ1v) is 10.5. The number of rotatable bonds is 5. The van der Waals surface area contributed by atoms with Gasteiger partial charge < -0.3 is 20.3 Å². The van der Waals surface area contributed by atoms with E-state index in [4.69, 9.17) is 9.72 Å². The third-order valence-electron chi connectivity index (χ3n) is 4.61. The van der Waals surface area contributed by atoms with Crippen LogP contribution in [-0.2, 0) is 11.3 Å². The predicted octanol–water partition coefficient (Wildman–Crippen LogP) is 3.71. The summed E-state index contributed by atoms with van der Waals surface area (Å²) in [6, 6.07) is 10.5. The van der Waals surface area contributed by atoms with Gasteiger partial charge in [0.25, 0.3) is 0 Å². The van der Waals surface area contributed by atoms with Crippen LogP contribution in [0.3, 0.4) is 0 Å². The number of guanidine groups is 1.